The van der Waals surface area contributed by atoms with E-state index in [1.54, 1.807) is 0 Å². The van der Waals surface area contributed by atoms with Gasteiger partial charge in [0.15, 0.2) is 18.8 Å². The van der Waals surface area contributed by atoms with Gasteiger partial charge in [-0.1, -0.05) is 0 Å². The molecule has 0 amide bonds. The lowest BCUT2D eigenvalue weighted by molar-refractivity contribution is -0.310. The molecule has 3 aliphatic heterocycles. The second kappa shape index (κ2) is 17.7. The van der Waals surface area contributed by atoms with Crippen LogP contribution in [0.3, 0.4) is 0 Å². The van der Waals surface area contributed by atoms with Crippen LogP contribution in [0.5, 0.6) is 0 Å². The number of phosphoric acid groups is 2. The Hall–Kier alpha value is -1.62. The molecular weight excluding hydrogens is 746 g/mol. The fourth-order valence-electron chi connectivity index (χ4n) is 5.31. The van der Waals surface area contributed by atoms with Gasteiger partial charge in [0.25, 0.3) is 5.56 Å². The highest BCUT2D eigenvalue weighted by molar-refractivity contribution is 7.61. The topological polar surface area (TPSA) is 374 Å². The molecule has 4 rings (SSSR count). The quantitative estimate of drug-likeness (QED) is 0.0548. The summed E-state index contributed by atoms with van der Waals surface area (Å²) in [5.41, 5.74) is -1.79. The van der Waals surface area contributed by atoms with Gasteiger partial charge >= 0.3 is 21.3 Å². The first-order valence-electron chi connectivity index (χ1n) is 15.0. The molecule has 4 heterocycles. The average Bonchev–Trinajstić information content (AvgIpc) is 3.34. The van der Waals surface area contributed by atoms with E-state index in [1.807, 2.05) is 4.98 Å². The van der Waals surface area contributed by atoms with Crippen LogP contribution in [0, 0.1) is 0 Å². The minimum atomic E-state index is -5.76. The Morgan fingerprint density at radius 1 is 0.765 bits per heavy atom. The van der Waals surface area contributed by atoms with Crippen molar-refractivity contribution < 1.29 is 102 Å². The fraction of sp³-hybridized carbons (Fsp3) is 0.833. The van der Waals surface area contributed by atoms with E-state index in [2.05, 4.69) is 8.83 Å². The summed E-state index contributed by atoms with van der Waals surface area (Å²) in [6.07, 6.45) is -22.4. The molecule has 0 spiro atoms. The lowest BCUT2D eigenvalue weighted by atomic mass is 9.99. The lowest BCUT2D eigenvalue weighted by Crippen LogP contribution is -2.60. The number of nitrogens with zero attached hydrogens (tertiary/aromatic N) is 1. The van der Waals surface area contributed by atoms with E-state index in [1.165, 1.54) is 7.11 Å². The van der Waals surface area contributed by atoms with E-state index in [0.717, 1.165) is 12.3 Å². The van der Waals surface area contributed by atoms with Crippen LogP contribution in [0.15, 0.2) is 21.9 Å². The summed E-state index contributed by atoms with van der Waals surface area (Å²) in [7, 11) is -10.2. The van der Waals surface area contributed by atoms with Gasteiger partial charge in [-0.25, -0.2) is 13.9 Å². The first-order valence-corrected chi connectivity index (χ1v) is 18.0. The summed E-state index contributed by atoms with van der Waals surface area (Å²) in [6.45, 7) is -3.67. The number of aromatic amines is 1. The Kier molecular flexibility index (Phi) is 14.6. The van der Waals surface area contributed by atoms with Gasteiger partial charge in [0, 0.05) is 19.4 Å². The van der Waals surface area contributed by atoms with Crippen molar-refractivity contribution in [1.82, 2.24) is 9.55 Å². The molecule has 27 heteroatoms. The highest BCUT2D eigenvalue weighted by Crippen LogP contribution is 2.61. The van der Waals surface area contributed by atoms with Gasteiger partial charge in [-0.3, -0.25) is 23.4 Å². The number of rotatable bonds is 16. The lowest BCUT2D eigenvalue weighted by Gasteiger charge is -2.42. The van der Waals surface area contributed by atoms with E-state index in [4.69, 9.17) is 32.9 Å². The zero-order valence-electron chi connectivity index (χ0n) is 26.4. The van der Waals surface area contributed by atoms with Crippen molar-refractivity contribution >= 4 is 15.6 Å². The maximum absolute atomic E-state index is 12.8. The summed E-state index contributed by atoms with van der Waals surface area (Å²) < 4.78 is 71.6. The van der Waals surface area contributed by atoms with E-state index in [-0.39, 0.29) is 0 Å². The fourth-order valence-corrected chi connectivity index (χ4v) is 7.46. The molecule has 11 N–H and O–H groups in total. The molecule has 0 bridgehead atoms. The van der Waals surface area contributed by atoms with Crippen molar-refractivity contribution in [2.75, 3.05) is 40.1 Å². The van der Waals surface area contributed by atoms with Crippen LogP contribution >= 0.6 is 15.6 Å². The molecule has 2 unspecified atom stereocenters. The number of phosphoric ester groups is 2. The SMILES string of the molecule is CO[C@@H]1O[C@H](CO)[C@H](O)[C@H](O)[C@H]1OCCO[C@H]1[C@@H](OP(=O)(O)OP(=O)(O)OC[C@H]2O[C@@H](n3ccc(=O)[nH]c3=O)[C@H](O)[C@@H]2O)O[C@H](CO)[C@H](O)[C@@H]1O. The predicted molar refractivity (Wildman–Crippen MR) is 157 cm³/mol. The number of aliphatic hydroxyl groups is 8. The summed E-state index contributed by atoms with van der Waals surface area (Å²) in [6, 6.07) is 0.916. The molecule has 294 valence electrons. The van der Waals surface area contributed by atoms with E-state index in [0.29, 0.717) is 4.57 Å². The molecule has 0 radical (unpaired) electrons. The van der Waals surface area contributed by atoms with Crippen LogP contribution in [-0.4, -0.2) is 180 Å². The zero-order chi connectivity index (χ0) is 37.8. The number of hydrogen-bond acceptors (Lipinski definition) is 21. The Balaban J connectivity index is 1.36. The molecule has 0 saturated carbocycles. The maximum atomic E-state index is 12.8. The summed E-state index contributed by atoms with van der Waals surface area (Å²) in [5, 5.41) is 80.9. The Bertz CT molecular complexity index is 1500. The third kappa shape index (κ3) is 10.1. The minimum absolute atomic E-state index is 0.453. The molecule has 0 aromatic carbocycles. The molecule has 25 nitrogen and oxygen atoms in total. The smallest absolute Gasteiger partial charge is 0.394 e. The monoisotopic (exact) mass is 786 g/mol. The molecule has 3 fully saturated rings. The molecule has 0 aliphatic carbocycles. The number of methoxy groups -OCH3 is 1. The predicted octanol–water partition coefficient (Wildman–Crippen LogP) is -6.30. The van der Waals surface area contributed by atoms with Gasteiger partial charge < -0.3 is 79.1 Å². The van der Waals surface area contributed by atoms with Crippen molar-refractivity contribution in [2.45, 2.75) is 86.0 Å². The maximum Gasteiger partial charge on any atom is 0.483 e. The van der Waals surface area contributed by atoms with E-state index >= 15 is 0 Å². The third-order valence-corrected chi connectivity index (χ3v) is 10.5. The molecule has 51 heavy (non-hydrogen) atoms. The van der Waals surface area contributed by atoms with Crippen molar-refractivity contribution in [3.8, 4) is 0 Å². The highest BCUT2D eigenvalue weighted by Gasteiger charge is 2.51. The second-order valence-electron chi connectivity index (χ2n) is 11.3. The molecule has 1 aromatic heterocycles. The number of aliphatic hydroxyl groups excluding tert-OH is 8. The van der Waals surface area contributed by atoms with Gasteiger partial charge in [-0.2, -0.15) is 4.31 Å². The van der Waals surface area contributed by atoms with Crippen LogP contribution < -0.4 is 11.2 Å². The van der Waals surface area contributed by atoms with Crippen LogP contribution in [0.2, 0.25) is 0 Å². The average molecular weight is 787 g/mol. The third-order valence-electron chi connectivity index (χ3n) is 7.89. The van der Waals surface area contributed by atoms with Crippen LogP contribution in [0.25, 0.3) is 0 Å². The minimum Gasteiger partial charge on any atom is -0.394 e. The molecular formula is C24H40N2O23P2. The summed E-state index contributed by atoms with van der Waals surface area (Å²) >= 11 is 0. The Morgan fingerprint density at radius 2 is 1.29 bits per heavy atom. The number of H-pyrrole nitrogens is 1. The van der Waals surface area contributed by atoms with Gasteiger partial charge in [-0.05, 0) is 0 Å². The summed E-state index contributed by atoms with van der Waals surface area (Å²) in [5.74, 6) is 0. The van der Waals surface area contributed by atoms with E-state index < -0.39 is 146 Å². The number of hydrogen-bond donors (Lipinski definition) is 11. The number of aromatic nitrogens is 2. The molecule has 3 saturated heterocycles. The van der Waals surface area contributed by atoms with Gasteiger partial charge in [0.05, 0.1) is 33.0 Å². The van der Waals surface area contributed by atoms with Crippen molar-refractivity contribution in [3.05, 3.63) is 33.1 Å². The Morgan fingerprint density at radius 3 is 1.82 bits per heavy atom. The van der Waals surface area contributed by atoms with Crippen LogP contribution in [0.1, 0.15) is 6.23 Å². The molecule has 16 atom stereocenters. The van der Waals surface area contributed by atoms with Crippen LogP contribution in [-0.2, 0) is 50.9 Å². The van der Waals surface area contributed by atoms with Crippen molar-refractivity contribution in [1.29, 1.82) is 0 Å². The van der Waals surface area contributed by atoms with Gasteiger partial charge in [0.1, 0.15) is 67.1 Å². The van der Waals surface area contributed by atoms with Crippen molar-refractivity contribution in [3.63, 3.8) is 0 Å². The standard InChI is InChI=1S/C24H40N2O23P2/c1-41-22-19(16(33)13(30)9(6-27)46-22)42-4-5-43-20-17(34)14(31)10(7-28)47-23(20)48-51(39,40)49-50(37,38)44-8-11-15(32)18(35)21(45-11)26-3-2-12(29)25-24(26)36/h2-3,9-11,13-23,27-28,30-35H,4-8H2,1H3,(H,37,38)(H,39,40)(H,25,29,36)/t9-,10-,11-,13+,14+,15-,16+,17+,18-,19-,20-,21-,22-,23-/m1/s1. The first kappa shape index (κ1) is 42.1. The van der Waals surface area contributed by atoms with Gasteiger partial charge in [-0.15, -0.1) is 0 Å². The van der Waals surface area contributed by atoms with Gasteiger partial charge in [0.2, 0.25) is 0 Å². The number of ether oxygens (including phenoxy) is 6. The number of nitrogens with one attached hydrogen (secondary N) is 1. The van der Waals surface area contributed by atoms with E-state index in [9.17, 15) is 69.4 Å². The Labute approximate surface area is 286 Å². The summed E-state index contributed by atoms with van der Waals surface area (Å²) in [4.78, 5) is 45.7. The molecule has 1 aromatic rings. The first-order chi connectivity index (χ1) is 23.9. The zero-order valence-corrected chi connectivity index (χ0v) is 28.2. The van der Waals surface area contributed by atoms with Crippen LogP contribution in [0.4, 0.5) is 0 Å². The molecule has 3 aliphatic rings. The normalized spacial score (nSPS) is 39.7. The largest absolute Gasteiger partial charge is 0.483 e. The highest BCUT2D eigenvalue weighted by atomic mass is 31.3. The van der Waals surface area contributed by atoms with Crippen molar-refractivity contribution in [2.24, 2.45) is 0 Å². The second-order valence-corrected chi connectivity index (χ2v) is 14.3.